The molecule has 0 fully saturated rings. The maximum atomic E-state index is 13.3. The number of aryl methyl sites for hydroxylation is 2. The van der Waals surface area contributed by atoms with Crippen molar-refractivity contribution in [1.29, 1.82) is 0 Å². The van der Waals surface area contributed by atoms with Crippen molar-refractivity contribution in [2.75, 3.05) is 39.5 Å². The van der Waals surface area contributed by atoms with Gasteiger partial charge in [0.25, 0.3) is 0 Å². The normalized spacial score (nSPS) is 12.3. The molecule has 0 saturated carbocycles. The van der Waals surface area contributed by atoms with E-state index in [0.29, 0.717) is 81.4 Å². The van der Waals surface area contributed by atoms with E-state index in [9.17, 15) is 24.0 Å². The highest BCUT2D eigenvalue weighted by Gasteiger charge is 2.34. The van der Waals surface area contributed by atoms with Crippen LogP contribution in [-0.2, 0) is 49.5 Å². The van der Waals surface area contributed by atoms with Crippen LogP contribution in [0.15, 0.2) is 82.2 Å². The third kappa shape index (κ3) is 24.6. The van der Waals surface area contributed by atoms with Crippen LogP contribution in [-0.4, -0.2) is 107 Å². The van der Waals surface area contributed by atoms with Crippen LogP contribution in [0.4, 0.5) is 14.4 Å². The molecule has 20 nitrogen and oxygen atoms in total. The number of carbonyl (C=O) groups is 5. The minimum Gasteiger partial charge on any atom is -0.449 e. The Labute approximate surface area is 429 Å². The molecule has 4 rings (SSSR count). The third-order valence-corrected chi connectivity index (χ3v) is 11.1. The van der Waals surface area contributed by atoms with Gasteiger partial charge in [0.15, 0.2) is 0 Å². The lowest BCUT2D eigenvalue weighted by atomic mass is 9.97. The van der Waals surface area contributed by atoms with Crippen molar-refractivity contribution in [2.24, 2.45) is 5.73 Å². The van der Waals surface area contributed by atoms with E-state index in [2.05, 4.69) is 61.2 Å². The molecule has 0 aliphatic rings. The van der Waals surface area contributed by atoms with Gasteiger partial charge >= 0.3 is 18.3 Å². The molecule has 0 aliphatic carbocycles. The number of aromatic nitrogens is 2. The third-order valence-electron chi connectivity index (χ3n) is 11.1. The summed E-state index contributed by atoms with van der Waals surface area (Å²) in [4.78, 5) is 62.0. The first-order valence-electron chi connectivity index (χ1n) is 25.1. The molecule has 9 N–H and O–H groups in total. The smallest absolute Gasteiger partial charge is 0.408 e. The van der Waals surface area contributed by atoms with Gasteiger partial charge in [-0.1, -0.05) is 71.0 Å². The Kier molecular flexibility index (Phi) is 26.5. The quantitative estimate of drug-likeness (QED) is 0.0204. The molecular weight excluding hydrogens is 941 g/mol. The number of nitrogens with two attached hydrogens (primary N) is 1. The second-order valence-electron chi connectivity index (χ2n) is 19.7. The van der Waals surface area contributed by atoms with Crippen LogP contribution in [0.1, 0.15) is 146 Å². The molecule has 4 aromatic rings. The number of aliphatic hydroxyl groups excluding tert-OH is 2. The van der Waals surface area contributed by atoms with E-state index in [1.54, 1.807) is 48.5 Å². The Morgan fingerprint density at radius 2 is 1.01 bits per heavy atom. The standard InChI is InChI=1S/C29H44N4O7.C24H36N4O5/c1-28(2,3)40-27(37)32-29(4,5)25(35)31-23(15-11-14-21-12-7-6-8-13-21)24-22(20-39-33-24)16-19-38-26(36)30-17-9-10-18-34;1-24(2,25)22(30)27-20(12-8-11-18-9-4-3-5-10-18)21-19(17-33-28-21)13-16-32-23(31)26-14-6-7-15-29/h6-8,12-13,20,23,34H,9-11,14-19H2,1-5H3,(H,30,36)(H,31,35)(H,32,37);3-5,9-10,17,20,29H,6-8,11-16,25H2,1-2H3,(H,26,31)(H,27,30). The highest BCUT2D eigenvalue weighted by atomic mass is 16.6. The molecule has 20 heteroatoms. The zero-order valence-electron chi connectivity index (χ0n) is 43.8. The second kappa shape index (κ2) is 31.8. The molecule has 2 aromatic heterocycles. The summed E-state index contributed by atoms with van der Waals surface area (Å²) in [5.41, 5.74) is 8.02. The van der Waals surface area contributed by atoms with Gasteiger partial charge in [-0.05, 0) is 124 Å². The first-order valence-corrected chi connectivity index (χ1v) is 25.1. The number of unbranched alkanes of at least 4 members (excludes halogenated alkanes) is 2. The molecule has 0 bridgehead atoms. The van der Waals surface area contributed by atoms with Crippen molar-refractivity contribution in [2.45, 2.75) is 154 Å². The Morgan fingerprint density at radius 3 is 1.41 bits per heavy atom. The van der Waals surface area contributed by atoms with E-state index in [1.807, 2.05) is 36.4 Å². The Bertz CT molecular complexity index is 2220. The fourth-order valence-corrected chi connectivity index (χ4v) is 7.11. The fraction of sp³-hybridized carbons (Fsp3) is 0.566. The van der Waals surface area contributed by atoms with Crippen LogP contribution in [0.5, 0.6) is 0 Å². The van der Waals surface area contributed by atoms with E-state index in [-0.39, 0.29) is 38.4 Å². The fourth-order valence-electron chi connectivity index (χ4n) is 7.11. The number of benzene rings is 2. The number of hydrogen-bond acceptors (Lipinski definition) is 15. The van der Waals surface area contributed by atoms with Gasteiger partial charge in [-0.3, -0.25) is 9.59 Å². The van der Waals surface area contributed by atoms with Crippen LogP contribution < -0.4 is 32.3 Å². The van der Waals surface area contributed by atoms with Crippen molar-refractivity contribution in [3.63, 3.8) is 0 Å². The van der Waals surface area contributed by atoms with Crippen LogP contribution in [0.25, 0.3) is 0 Å². The largest absolute Gasteiger partial charge is 0.449 e. The van der Waals surface area contributed by atoms with Crippen molar-refractivity contribution >= 4 is 30.1 Å². The lowest BCUT2D eigenvalue weighted by Crippen LogP contribution is -2.56. The number of nitrogens with one attached hydrogen (secondary N) is 5. The monoisotopic (exact) mass is 1020 g/mol. The maximum Gasteiger partial charge on any atom is 0.408 e. The average molecular weight is 1020 g/mol. The van der Waals surface area contributed by atoms with Crippen LogP contribution in [0, 0.1) is 0 Å². The summed E-state index contributed by atoms with van der Waals surface area (Å²) in [6.45, 7) is 13.0. The molecule has 0 saturated heterocycles. The number of hydrogen-bond donors (Lipinski definition) is 8. The zero-order chi connectivity index (χ0) is 53.7. The molecular formula is C53H80N8O12. The number of aliphatic hydroxyl groups is 2. The molecule has 0 radical (unpaired) electrons. The highest BCUT2D eigenvalue weighted by Crippen LogP contribution is 2.26. The SMILES string of the molecule is CC(C)(C)OC(=O)NC(C)(C)C(=O)NC(CCCc1ccccc1)c1nocc1CCOC(=O)NCCCCO.CC(C)(N)C(=O)NC(CCCc1ccccc1)c1nocc1CCOC(=O)NCCCCO. The number of alkyl carbamates (subject to hydrolysis) is 3. The molecule has 2 heterocycles. The molecule has 2 atom stereocenters. The van der Waals surface area contributed by atoms with E-state index in [1.165, 1.54) is 23.7 Å². The summed E-state index contributed by atoms with van der Waals surface area (Å²) in [6.07, 6.45) is 9.05. The summed E-state index contributed by atoms with van der Waals surface area (Å²) in [5.74, 6) is -0.685. The zero-order valence-corrected chi connectivity index (χ0v) is 43.8. The summed E-state index contributed by atoms with van der Waals surface area (Å²) in [5, 5.41) is 39.8. The van der Waals surface area contributed by atoms with Gasteiger partial charge in [0.1, 0.15) is 35.1 Å². The van der Waals surface area contributed by atoms with Gasteiger partial charge in [-0.25, -0.2) is 14.4 Å². The van der Waals surface area contributed by atoms with Gasteiger partial charge in [-0.2, -0.15) is 0 Å². The molecule has 0 spiro atoms. The van der Waals surface area contributed by atoms with Crippen molar-refractivity contribution in [3.05, 3.63) is 107 Å². The number of nitrogens with zero attached hydrogens (tertiary/aromatic N) is 2. The summed E-state index contributed by atoms with van der Waals surface area (Å²) in [7, 11) is 0. The minimum absolute atomic E-state index is 0.0737. The Hall–Kier alpha value is -6.51. The van der Waals surface area contributed by atoms with Crippen molar-refractivity contribution in [1.82, 2.24) is 36.9 Å². The maximum absolute atomic E-state index is 13.3. The number of rotatable bonds is 29. The predicted molar refractivity (Wildman–Crippen MR) is 274 cm³/mol. The molecule has 2 unspecified atom stereocenters. The molecule has 0 aliphatic heterocycles. The van der Waals surface area contributed by atoms with Crippen LogP contribution in [0.3, 0.4) is 0 Å². The van der Waals surface area contributed by atoms with E-state index >= 15 is 0 Å². The number of amides is 5. The van der Waals surface area contributed by atoms with Gasteiger partial charge in [0.05, 0.1) is 30.8 Å². The Balaban J connectivity index is 0.000000392. The van der Waals surface area contributed by atoms with Crippen molar-refractivity contribution < 1.29 is 57.4 Å². The topological polar surface area (TPSA) is 292 Å². The average Bonchev–Trinajstić information content (AvgIpc) is 4.01. The molecule has 2 aromatic carbocycles. The van der Waals surface area contributed by atoms with Crippen LogP contribution >= 0.6 is 0 Å². The van der Waals surface area contributed by atoms with Gasteiger partial charge in [-0.15, -0.1) is 0 Å². The first kappa shape index (κ1) is 60.8. The number of carbonyl (C=O) groups excluding carboxylic acids is 5. The number of ether oxygens (including phenoxy) is 3. The molecule has 5 amide bonds. The van der Waals surface area contributed by atoms with Crippen LogP contribution in [0.2, 0.25) is 0 Å². The minimum atomic E-state index is -1.26. The van der Waals surface area contributed by atoms with Gasteiger partial charge < -0.3 is 65.8 Å². The predicted octanol–water partition coefficient (Wildman–Crippen LogP) is 6.83. The van der Waals surface area contributed by atoms with Gasteiger partial charge in [0.2, 0.25) is 11.8 Å². The van der Waals surface area contributed by atoms with Gasteiger partial charge in [0, 0.05) is 50.3 Å². The van der Waals surface area contributed by atoms with Crippen molar-refractivity contribution in [3.8, 4) is 0 Å². The molecule has 404 valence electrons. The summed E-state index contributed by atoms with van der Waals surface area (Å²) in [6, 6.07) is 19.3. The highest BCUT2D eigenvalue weighted by molar-refractivity contribution is 5.89. The van der Waals surface area contributed by atoms with E-state index in [0.717, 1.165) is 31.2 Å². The van der Waals surface area contributed by atoms with E-state index in [4.69, 9.17) is 39.2 Å². The summed E-state index contributed by atoms with van der Waals surface area (Å²) < 4.78 is 26.2. The molecule has 73 heavy (non-hydrogen) atoms. The van der Waals surface area contributed by atoms with E-state index < -0.39 is 46.9 Å². The lowest BCUT2D eigenvalue weighted by Gasteiger charge is -2.29. The Morgan fingerprint density at radius 1 is 0.589 bits per heavy atom. The first-order chi connectivity index (χ1) is 34.7. The summed E-state index contributed by atoms with van der Waals surface area (Å²) >= 11 is 0. The lowest BCUT2D eigenvalue weighted by molar-refractivity contribution is -0.127. The second-order valence-corrected chi connectivity index (χ2v) is 19.7.